The van der Waals surface area contributed by atoms with Crippen LogP contribution in [0.2, 0.25) is 0 Å². The highest BCUT2D eigenvalue weighted by molar-refractivity contribution is 5.86. The summed E-state index contributed by atoms with van der Waals surface area (Å²) >= 11 is 0. The quantitative estimate of drug-likeness (QED) is 0.835. The van der Waals surface area contributed by atoms with Crippen LogP contribution in [0, 0.1) is 0 Å². The van der Waals surface area contributed by atoms with E-state index in [0.717, 1.165) is 5.69 Å². The lowest BCUT2D eigenvalue weighted by Crippen LogP contribution is -2.30. The molecule has 2 rings (SSSR count). The van der Waals surface area contributed by atoms with Crippen LogP contribution in [0.3, 0.4) is 0 Å². The van der Waals surface area contributed by atoms with E-state index < -0.39 is 0 Å². The number of oxazole rings is 1. The van der Waals surface area contributed by atoms with Crippen LogP contribution < -0.4 is 10.6 Å². The molecule has 2 aromatic heterocycles. The van der Waals surface area contributed by atoms with Gasteiger partial charge >= 0.3 is 12.0 Å². The van der Waals surface area contributed by atoms with Gasteiger partial charge in [0.25, 0.3) is 0 Å². The number of pyridine rings is 1. The third-order valence-corrected chi connectivity index (χ3v) is 2.05. The minimum absolute atomic E-state index is 0.181. The van der Waals surface area contributed by atoms with Crippen molar-refractivity contribution >= 4 is 12.0 Å². The summed E-state index contributed by atoms with van der Waals surface area (Å²) in [5, 5.41) is 5.14. The number of hydrogen-bond donors (Lipinski definition) is 2. The van der Waals surface area contributed by atoms with E-state index in [0.29, 0.717) is 13.0 Å². The van der Waals surface area contributed by atoms with Gasteiger partial charge in [-0.3, -0.25) is 10.3 Å². The van der Waals surface area contributed by atoms with Crippen molar-refractivity contribution in [3.8, 4) is 0 Å². The highest BCUT2D eigenvalue weighted by atomic mass is 16.4. The Balaban J connectivity index is 1.70. The third-order valence-electron chi connectivity index (χ3n) is 2.05. The number of aromatic nitrogens is 2. The Morgan fingerprint density at radius 2 is 2.24 bits per heavy atom. The van der Waals surface area contributed by atoms with Gasteiger partial charge in [-0.1, -0.05) is 6.07 Å². The van der Waals surface area contributed by atoms with Crippen LogP contribution in [-0.4, -0.2) is 22.5 Å². The SMILES string of the molecule is O=C(NCCc1ccccn1)Nc1ncco1. The first-order valence-corrected chi connectivity index (χ1v) is 5.19. The molecule has 6 nitrogen and oxygen atoms in total. The molecule has 17 heavy (non-hydrogen) atoms. The molecule has 0 spiro atoms. The summed E-state index contributed by atoms with van der Waals surface area (Å²) in [5.41, 5.74) is 0.934. The summed E-state index contributed by atoms with van der Waals surface area (Å²) in [6.07, 6.45) is 5.26. The number of anilines is 1. The van der Waals surface area contributed by atoms with Crippen molar-refractivity contribution in [2.45, 2.75) is 6.42 Å². The molecule has 0 unspecified atom stereocenters. The highest BCUT2D eigenvalue weighted by Gasteiger charge is 2.03. The minimum atomic E-state index is -0.344. The van der Waals surface area contributed by atoms with Gasteiger partial charge in [-0.05, 0) is 12.1 Å². The van der Waals surface area contributed by atoms with E-state index in [1.54, 1.807) is 6.20 Å². The molecule has 6 heteroatoms. The summed E-state index contributed by atoms with van der Waals surface area (Å²) in [7, 11) is 0. The van der Waals surface area contributed by atoms with Gasteiger partial charge in [0.1, 0.15) is 6.26 Å². The van der Waals surface area contributed by atoms with Crippen LogP contribution in [0.1, 0.15) is 5.69 Å². The van der Waals surface area contributed by atoms with Gasteiger partial charge in [0.05, 0.1) is 6.20 Å². The lowest BCUT2D eigenvalue weighted by atomic mass is 10.3. The van der Waals surface area contributed by atoms with E-state index >= 15 is 0 Å². The van der Waals surface area contributed by atoms with Crippen molar-refractivity contribution in [2.75, 3.05) is 11.9 Å². The van der Waals surface area contributed by atoms with Crippen molar-refractivity contribution in [3.63, 3.8) is 0 Å². The van der Waals surface area contributed by atoms with Gasteiger partial charge in [-0.2, -0.15) is 0 Å². The molecule has 0 atom stereocenters. The van der Waals surface area contributed by atoms with E-state index in [2.05, 4.69) is 20.6 Å². The number of amides is 2. The highest BCUT2D eigenvalue weighted by Crippen LogP contribution is 2.00. The summed E-state index contributed by atoms with van der Waals surface area (Å²) in [5.74, 6) is 0. The first-order valence-electron chi connectivity index (χ1n) is 5.19. The minimum Gasteiger partial charge on any atom is -0.432 e. The zero-order chi connectivity index (χ0) is 11.9. The topological polar surface area (TPSA) is 80.0 Å². The van der Waals surface area contributed by atoms with Crippen LogP contribution in [0.25, 0.3) is 0 Å². The Hall–Kier alpha value is -2.37. The lowest BCUT2D eigenvalue weighted by molar-refractivity contribution is 0.251. The number of carbonyl (C=O) groups excluding carboxylic acids is 1. The fraction of sp³-hybridized carbons (Fsp3) is 0.182. The van der Waals surface area contributed by atoms with E-state index in [1.165, 1.54) is 12.5 Å². The van der Waals surface area contributed by atoms with E-state index in [-0.39, 0.29) is 12.0 Å². The molecule has 88 valence electrons. The number of urea groups is 1. The normalized spacial score (nSPS) is 9.88. The smallest absolute Gasteiger partial charge is 0.322 e. The van der Waals surface area contributed by atoms with Gasteiger partial charge in [0.2, 0.25) is 0 Å². The van der Waals surface area contributed by atoms with E-state index in [4.69, 9.17) is 4.42 Å². The summed E-state index contributed by atoms with van der Waals surface area (Å²) < 4.78 is 4.87. The van der Waals surface area contributed by atoms with E-state index in [1.807, 2.05) is 18.2 Å². The Morgan fingerprint density at radius 1 is 1.29 bits per heavy atom. The molecule has 0 saturated carbocycles. The zero-order valence-corrected chi connectivity index (χ0v) is 9.09. The van der Waals surface area contributed by atoms with Crippen LogP contribution in [0.5, 0.6) is 0 Å². The Labute approximate surface area is 98.1 Å². The molecule has 2 N–H and O–H groups in total. The van der Waals surface area contributed by atoms with Crippen molar-refractivity contribution < 1.29 is 9.21 Å². The van der Waals surface area contributed by atoms with E-state index in [9.17, 15) is 4.79 Å². The molecule has 0 aromatic carbocycles. The fourth-order valence-corrected chi connectivity index (χ4v) is 1.28. The second-order valence-electron chi connectivity index (χ2n) is 3.29. The number of nitrogens with zero attached hydrogens (tertiary/aromatic N) is 2. The second kappa shape index (κ2) is 5.64. The number of hydrogen-bond acceptors (Lipinski definition) is 4. The van der Waals surface area contributed by atoms with Crippen LogP contribution in [0.4, 0.5) is 10.8 Å². The van der Waals surface area contributed by atoms with Gasteiger partial charge in [-0.25, -0.2) is 9.78 Å². The predicted octanol–water partition coefficient (Wildman–Crippen LogP) is 1.43. The Kier molecular flexibility index (Phi) is 3.69. The first kappa shape index (κ1) is 11.1. The van der Waals surface area contributed by atoms with Crippen molar-refractivity contribution in [3.05, 3.63) is 42.5 Å². The number of nitrogens with one attached hydrogen (secondary N) is 2. The lowest BCUT2D eigenvalue weighted by Gasteiger charge is -2.04. The average Bonchev–Trinajstić information content (AvgIpc) is 2.83. The van der Waals surface area contributed by atoms with Gasteiger partial charge in [-0.15, -0.1) is 0 Å². The van der Waals surface area contributed by atoms with Crippen LogP contribution >= 0.6 is 0 Å². The molecule has 0 aliphatic rings. The van der Waals surface area contributed by atoms with Crippen molar-refractivity contribution in [2.24, 2.45) is 0 Å². The molecule has 2 amide bonds. The second-order valence-corrected chi connectivity index (χ2v) is 3.29. The number of carbonyl (C=O) groups is 1. The Morgan fingerprint density at radius 3 is 2.94 bits per heavy atom. The zero-order valence-electron chi connectivity index (χ0n) is 9.09. The molecular weight excluding hydrogens is 220 g/mol. The maximum absolute atomic E-state index is 11.4. The Bertz CT molecular complexity index is 456. The molecule has 0 fully saturated rings. The average molecular weight is 232 g/mol. The summed E-state index contributed by atoms with van der Waals surface area (Å²) in [6, 6.07) is 5.51. The fourth-order valence-electron chi connectivity index (χ4n) is 1.28. The molecule has 0 bridgehead atoms. The van der Waals surface area contributed by atoms with Crippen LogP contribution in [0.15, 0.2) is 41.3 Å². The van der Waals surface area contributed by atoms with Crippen molar-refractivity contribution in [1.82, 2.24) is 15.3 Å². The molecule has 0 saturated heterocycles. The first-order chi connectivity index (χ1) is 8.34. The number of rotatable bonds is 4. The van der Waals surface area contributed by atoms with Crippen LogP contribution in [-0.2, 0) is 6.42 Å². The van der Waals surface area contributed by atoms with Gasteiger partial charge in [0.15, 0.2) is 0 Å². The maximum Gasteiger partial charge on any atom is 0.322 e. The maximum atomic E-state index is 11.4. The monoisotopic (exact) mass is 232 g/mol. The molecule has 2 heterocycles. The predicted molar refractivity (Wildman–Crippen MR) is 61.5 cm³/mol. The molecule has 0 aliphatic carbocycles. The van der Waals surface area contributed by atoms with Crippen molar-refractivity contribution in [1.29, 1.82) is 0 Å². The summed E-state index contributed by atoms with van der Waals surface area (Å²) in [6.45, 7) is 0.504. The summed E-state index contributed by atoms with van der Waals surface area (Å²) in [4.78, 5) is 19.3. The molecular formula is C11H12N4O2. The molecule has 2 aromatic rings. The third kappa shape index (κ3) is 3.60. The van der Waals surface area contributed by atoms with Gasteiger partial charge < -0.3 is 9.73 Å². The molecule has 0 aliphatic heterocycles. The largest absolute Gasteiger partial charge is 0.432 e. The standard InChI is InChI=1S/C11H12N4O2/c16-10(15-11-14-7-8-17-11)13-6-4-9-3-1-2-5-12-9/h1-3,5,7-8H,4,6H2,(H2,13,14,15,16). The molecule has 0 radical (unpaired) electrons. The van der Waals surface area contributed by atoms with Gasteiger partial charge in [0, 0.05) is 24.9 Å².